The van der Waals surface area contributed by atoms with E-state index in [1.54, 1.807) is 12.3 Å². The first kappa shape index (κ1) is 20.1. The summed E-state index contributed by atoms with van der Waals surface area (Å²) in [4.78, 5) is 0. The predicted octanol–water partition coefficient (Wildman–Crippen LogP) is 7.03. The van der Waals surface area contributed by atoms with Gasteiger partial charge in [0.1, 0.15) is 5.75 Å². The molecule has 5 heteroatoms. The minimum Gasteiger partial charge on any atom is -0.508 e. The lowest BCUT2D eigenvalue weighted by Crippen LogP contribution is -2.42. The standard InChI is InChI=1S/C25H26Cl2N2O/c1-25-12-11-19-18-8-6-17(30)13-15(18)5-7-20(19)21(25)9-10-23(25)29-28-14-16-3-2-4-22(26)24(16)27/h2-4,6,8,13-14,19-21,30H,5,7,9-12H2,1H3/b28-14-,29-23-/t19-,20-,21+,25+/m1/s1. The first-order valence-corrected chi connectivity index (χ1v) is 11.6. The third kappa shape index (κ3) is 3.27. The Kier molecular flexibility index (Phi) is 5.15. The summed E-state index contributed by atoms with van der Waals surface area (Å²) in [7, 11) is 0. The first-order valence-electron chi connectivity index (χ1n) is 10.8. The van der Waals surface area contributed by atoms with E-state index in [-0.39, 0.29) is 5.41 Å². The zero-order chi connectivity index (χ0) is 20.9. The van der Waals surface area contributed by atoms with Gasteiger partial charge in [-0.2, -0.15) is 10.2 Å². The molecule has 0 radical (unpaired) electrons. The normalized spacial score (nSPS) is 31.6. The van der Waals surface area contributed by atoms with Gasteiger partial charge in [-0.05, 0) is 85.6 Å². The molecule has 0 unspecified atom stereocenters. The molecule has 0 bridgehead atoms. The zero-order valence-electron chi connectivity index (χ0n) is 17.1. The van der Waals surface area contributed by atoms with Crippen LogP contribution in [0.4, 0.5) is 0 Å². The summed E-state index contributed by atoms with van der Waals surface area (Å²) in [6.45, 7) is 2.40. The van der Waals surface area contributed by atoms with Crippen molar-refractivity contribution < 1.29 is 5.11 Å². The number of phenols is 1. The second-order valence-corrected chi connectivity index (χ2v) is 10.0. The maximum absolute atomic E-state index is 9.86. The van der Waals surface area contributed by atoms with Gasteiger partial charge in [0.15, 0.2) is 0 Å². The molecule has 2 aromatic rings. The Morgan fingerprint density at radius 2 is 1.97 bits per heavy atom. The lowest BCUT2D eigenvalue weighted by atomic mass is 9.55. The van der Waals surface area contributed by atoms with E-state index in [1.807, 2.05) is 24.3 Å². The Hall–Kier alpha value is -1.84. The molecule has 156 valence electrons. The number of aryl methyl sites for hydroxylation is 1. The van der Waals surface area contributed by atoms with Crippen LogP contribution in [-0.2, 0) is 6.42 Å². The third-order valence-electron chi connectivity index (χ3n) is 7.81. The molecule has 3 aliphatic carbocycles. The molecular formula is C25H26Cl2N2O. The summed E-state index contributed by atoms with van der Waals surface area (Å²) in [5.74, 6) is 2.35. The van der Waals surface area contributed by atoms with Crippen LogP contribution in [-0.4, -0.2) is 17.0 Å². The van der Waals surface area contributed by atoms with Crippen LogP contribution in [0, 0.1) is 17.3 Å². The number of benzene rings is 2. The van der Waals surface area contributed by atoms with Crippen LogP contribution in [0.3, 0.4) is 0 Å². The summed E-state index contributed by atoms with van der Waals surface area (Å²) < 4.78 is 0. The van der Waals surface area contributed by atoms with Gasteiger partial charge in [-0.1, -0.05) is 48.3 Å². The molecule has 5 rings (SSSR count). The van der Waals surface area contributed by atoms with Crippen LogP contribution in [0.15, 0.2) is 46.6 Å². The van der Waals surface area contributed by atoms with Crippen LogP contribution in [0.2, 0.25) is 10.0 Å². The van der Waals surface area contributed by atoms with Gasteiger partial charge in [0, 0.05) is 16.7 Å². The molecule has 2 saturated carbocycles. The van der Waals surface area contributed by atoms with E-state index in [0.717, 1.165) is 24.8 Å². The topological polar surface area (TPSA) is 45.0 Å². The molecular weight excluding hydrogens is 415 g/mol. The van der Waals surface area contributed by atoms with Gasteiger partial charge >= 0.3 is 0 Å². The van der Waals surface area contributed by atoms with Crippen LogP contribution in [0.1, 0.15) is 61.6 Å². The average molecular weight is 441 g/mol. The van der Waals surface area contributed by atoms with Crippen LogP contribution < -0.4 is 0 Å². The van der Waals surface area contributed by atoms with Gasteiger partial charge in [0.25, 0.3) is 0 Å². The van der Waals surface area contributed by atoms with E-state index in [0.29, 0.717) is 33.5 Å². The van der Waals surface area contributed by atoms with Crippen molar-refractivity contribution >= 4 is 35.1 Å². The van der Waals surface area contributed by atoms with Crippen molar-refractivity contribution in [2.75, 3.05) is 0 Å². The Balaban J connectivity index is 1.39. The summed E-state index contributed by atoms with van der Waals surface area (Å²) in [5.41, 5.74) is 4.96. The second kappa shape index (κ2) is 7.69. The van der Waals surface area contributed by atoms with Gasteiger partial charge in [-0.15, -0.1) is 0 Å². The fourth-order valence-corrected chi connectivity index (χ4v) is 6.66. The molecule has 1 N–H and O–H groups in total. The molecule has 2 fully saturated rings. The first-order chi connectivity index (χ1) is 14.5. The van der Waals surface area contributed by atoms with E-state index < -0.39 is 0 Å². The molecule has 0 spiro atoms. The highest BCUT2D eigenvalue weighted by molar-refractivity contribution is 6.43. The Morgan fingerprint density at radius 1 is 1.10 bits per heavy atom. The van der Waals surface area contributed by atoms with Crippen molar-refractivity contribution in [3.8, 4) is 5.75 Å². The fraction of sp³-hybridized carbons (Fsp3) is 0.440. The molecule has 0 saturated heterocycles. The number of hydrogen-bond acceptors (Lipinski definition) is 3. The van der Waals surface area contributed by atoms with E-state index in [2.05, 4.69) is 18.1 Å². The second-order valence-electron chi connectivity index (χ2n) is 9.23. The van der Waals surface area contributed by atoms with E-state index >= 15 is 0 Å². The van der Waals surface area contributed by atoms with Crippen molar-refractivity contribution in [3.05, 3.63) is 63.1 Å². The molecule has 2 aromatic carbocycles. The Morgan fingerprint density at radius 3 is 2.83 bits per heavy atom. The van der Waals surface area contributed by atoms with Crippen molar-refractivity contribution in [2.45, 2.75) is 51.4 Å². The molecule has 30 heavy (non-hydrogen) atoms. The van der Waals surface area contributed by atoms with Gasteiger partial charge < -0.3 is 5.11 Å². The van der Waals surface area contributed by atoms with Crippen molar-refractivity contribution in [2.24, 2.45) is 27.5 Å². The number of fused-ring (bicyclic) bond motifs is 5. The summed E-state index contributed by atoms with van der Waals surface area (Å²) in [5, 5.41) is 20.0. The quantitative estimate of drug-likeness (QED) is 0.395. The monoisotopic (exact) mass is 440 g/mol. The number of phenolic OH excluding ortho intramolecular Hbond substituents is 1. The molecule has 4 atom stereocenters. The highest BCUT2D eigenvalue weighted by Gasteiger charge is 2.53. The number of aromatic hydroxyl groups is 1. The average Bonchev–Trinajstić information content (AvgIpc) is 3.07. The zero-order valence-corrected chi connectivity index (χ0v) is 18.6. The van der Waals surface area contributed by atoms with Crippen LogP contribution in [0.25, 0.3) is 0 Å². The van der Waals surface area contributed by atoms with Crippen LogP contribution >= 0.6 is 23.2 Å². The van der Waals surface area contributed by atoms with Gasteiger partial charge in [0.05, 0.1) is 16.3 Å². The number of hydrogen-bond donors (Lipinski definition) is 1. The minimum absolute atomic E-state index is 0.130. The molecule has 0 aromatic heterocycles. The summed E-state index contributed by atoms with van der Waals surface area (Å²) in [6, 6.07) is 11.5. The van der Waals surface area contributed by atoms with Crippen molar-refractivity contribution in [1.29, 1.82) is 0 Å². The van der Waals surface area contributed by atoms with Gasteiger partial charge in [-0.3, -0.25) is 0 Å². The lowest BCUT2D eigenvalue weighted by molar-refractivity contribution is 0.0955. The third-order valence-corrected chi connectivity index (χ3v) is 8.64. The minimum atomic E-state index is 0.130. The van der Waals surface area contributed by atoms with Gasteiger partial charge in [-0.25, -0.2) is 0 Å². The largest absolute Gasteiger partial charge is 0.508 e. The Bertz CT molecular complexity index is 1050. The van der Waals surface area contributed by atoms with E-state index in [4.69, 9.17) is 28.3 Å². The van der Waals surface area contributed by atoms with Gasteiger partial charge in [0.2, 0.25) is 0 Å². The molecule has 3 nitrogen and oxygen atoms in total. The van der Waals surface area contributed by atoms with Crippen molar-refractivity contribution in [3.63, 3.8) is 0 Å². The predicted molar refractivity (Wildman–Crippen MR) is 124 cm³/mol. The SMILES string of the molecule is C[C@]12CC[C@@H]3c4ccc(O)cc4CC[C@H]3[C@@H]1CC/C2=N/N=C\c1cccc(Cl)c1Cl. The molecule has 3 aliphatic rings. The number of nitrogens with zero attached hydrogens (tertiary/aromatic N) is 2. The summed E-state index contributed by atoms with van der Waals surface area (Å²) >= 11 is 12.4. The van der Waals surface area contributed by atoms with Crippen LogP contribution in [0.5, 0.6) is 5.75 Å². The maximum atomic E-state index is 9.86. The molecule has 0 aliphatic heterocycles. The number of rotatable bonds is 2. The smallest absolute Gasteiger partial charge is 0.115 e. The molecule has 0 amide bonds. The number of halogens is 2. The highest BCUT2D eigenvalue weighted by atomic mass is 35.5. The summed E-state index contributed by atoms with van der Waals surface area (Å²) in [6.07, 6.45) is 8.52. The fourth-order valence-electron chi connectivity index (χ4n) is 6.30. The van der Waals surface area contributed by atoms with Crippen molar-refractivity contribution in [1.82, 2.24) is 0 Å². The maximum Gasteiger partial charge on any atom is 0.115 e. The Labute approximate surface area is 187 Å². The molecule has 0 heterocycles. The highest BCUT2D eigenvalue weighted by Crippen LogP contribution is 2.60. The van der Waals surface area contributed by atoms with E-state index in [9.17, 15) is 5.11 Å². The van der Waals surface area contributed by atoms with E-state index in [1.165, 1.54) is 36.1 Å². The lowest BCUT2D eigenvalue weighted by Gasteiger charge is -2.49.